The Morgan fingerprint density at radius 2 is 1.06 bits per heavy atom. The summed E-state index contributed by atoms with van der Waals surface area (Å²) in [5, 5.41) is 7.45. The average molecular weight is 973 g/mol. The number of hydrogen-bond acceptors (Lipinski definition) is 16. The van der Waals surface area contributed by atoms with Crippen LogP contribution in [0.3, 0.4) is 0 Å². The van der Waals surface area contributed by atoms with Crippen molar-refractivity contribution in [3.63, 3.8) is 0 Å². The van der Waals surface area contributed by atoms with E-state index in [-0.39, 0.29) is 41.8 Å². The van der Waals surface area contributed by atoms with Crippen molar-refractivity contribution in [1.82, 2.24) is 34.8 Å². The maximum Gasteiger partial charge on any atom is 0.333 e. The SMILES string of the molecule is CC(C)(C)OC(=O)CCCCC[C@H](N)C(=O)OC(C)(C)C.Cc1cc(=O)[nH]c(NC(=O)N[C@@H](CCCCCC(=O)OC(C)(C)C)C(=O)OC(C)(C)C)n1.Cc1cc(=O)[nH]c(NC(=O)n2ccnc2)n1. The van der Waals surface area contributed by atoms with Crippen LogP contribution in [0.25, 0.3) is 0 Å². The molecule has 69 heavy (non-hydrogen) atoms. The molecule has 22 heteroatoms. The third kappa shape index (κ3) is 30.5. The molecule has 386 valence electrons. The molecule has 3 amide bonds. The molecular weight excluding hydrogens is 897 g/mol. The lowest BCUT2D eigenvalue weighted by atomic mass is 10.1. The van der Waals surface area contributed by atoms with E-state index in [2.05, 4.69) is 40.9 Å². The molecule has 3 aromatic heterocycles. The fourth-order valence-corrected chi connectivity index (χ4v) is 5.63. The lowest BCUT2D eigenvalue weighted by Gasteiger charge is -2.24. The number of hydrogen-bond donors (Lipinski definition) is 6. The Bertz CT molecular complexity index is 2230. The molecule has 0 bridgehead atoms. The number of amides is 3. The fourth-order valence-electron chi connectivity index (χ4n) is 5.63. The minimum Gasteiger partial charge on any atom is -0.460 e. The van der Waals surface area contributed by atoms with Crippen LogP contribution in [-0.4, -0.2) is 99.9 Å². The van der Waals surface area contributed by atoms with Crippen molar-refractivity contribution in [3.05, 3.63) is 62.9 Å². The van der Waals surface area contributed by atoms with E-state index in [9.17, 15) is 38.4 Å². The van der Waals surface area contributed by atoms with E-state index in [4.69, 9.17) is 24.7 Å². The van der Waals surface area contributed by atoms with Gasteiger partial charge in [0.25, 0.3) is 11.1 Å². The van der Waals surface area contributed by atoms with E-state index in [0.717, 1.165) is 19.3 Å². The Kier molecular flexibility index (Phi) is 24.7. The second-order valence-electron chi connectivity index (χ2n) is 20.1. The first-order valence-corrected chi connectivity index (χ1v) is 22.9. The van der Waals surface area contributed by atoms with Crippen molar-refractivity contribution < 1.29 is 47.7 Å². The summed E-state index contributed by atoms with van der Waals surface area (Å²) in [7, 11) is 0. The molecule has 0 saturated carbocycles. The molecule has 0 aliphatic rings. The number of nitrogens with one attached hydrogen (secondary N) is 5. The molecule has 0 aromatic carbocycles. The molecule has 0 fully saturated rings. The second-order valence-corrected chi connectivity index (χ2v) is 20.1. The predicted octanol–water partition coefficient (Wildman–Crippen LogP) is 6.50. The van der Waals surface area contributed by atoms with E-state index in [1.807, 2.05) is 62.3 Å². The molecule has 3 aromatic rings. The Morgan fingerprint density at radius 1 is 0.623 bits per heavy atom. The Morgan fingerprint density at radius 3 is 1.48 bits per heavy atom. The van der Waals surface area contributed by atoms with Crippen molar-refractivity contribution in [3.8, 4) is 0 Å². The molecule has 2 atom stereocenters. The van der Waals surface area contributed by atoms with Gasteiger partial charge in [0.1, 0.15) is 40.8 Å². The number of aromatic amines is 2. The van der Waals surface area contributed by atoms with Gasteiger partial charge in [0.05, 0.1) is 0 Å². The summed E-state index contributed by atoms with van der Waals surface area (Å²) in [5.74, 6) is -1.28. The van der Waals surface area contributed by atoms with Gasteiger partial charge in [-0.25, -0.2) is 29.3 Å². The highest BCUT2D eigenvalue weighted by Crippen LogP contribution is 2.16. The van der Waals surface area contributed by atoms with Crippen LogP contribution in [0.1, 0.15) is 159 Å². The molecule has 0 unspecified atom stereocenters. The summed E-state index contributed by atoms with van der Waals surface area (Å²) in [5.41, 5.74) is 3.87. The van der Waals surface area contributed by atoms with Crippen molar-refractivity contribution in [2.24, 2.45) is 5.73 Å². The van der Waals surface area contributed by atoms with Crippen LogP contribution in [0.15, 0.2) is 40.4 Å². The molecule has 0 aliphatic heterocycles. The van der Waals surface area contributed by atoms with Crippen LogP contribution in [-0.2, 0) is 38.1 Å². The van der Waals surface area contributed by atoms with Gasteiger partial charge in [-0.15, -0.1) is 0 Å². The fraction of sp³-hybridized carbons (Fsp3) is 0.638. The Labute approximate surface area is 404 Å². The predicted molar refractivity (Wildman–Crippen MR) is 259 cm³/mol. The lowest BCUT2D eigenvalue weighted by Crippen LogP contribution is -2.46. The molecule has 3 heterocycles. The van der Waals surface area contributed by atoms with Crippen LogP contribution in [0.2, 0.25) is 0 Å². The summed E-state index contributed by atoms with van der Waals surface area (Å²) in [6.45, 7) is 25.0. The maximum atomic E-state index is 12.6. The molecule has 3 rings (SSSR count). The first-order valence-electron chi connectivity index (χ1n) is 22.9. The van der Waals surface area contributed by atoms with Gasteiger partial charge in [0.2, 0.25) is 11.9 Å². The molecule has 22 nitrogen and oxygen atoms in total. The van der Waals surface area contributed by atoms with Crippen LogP contribution in [0.4, 0.5) is 21.5 Å². The summed E-state index contributed by atoms with van der Waals surface area (Å²) in [6.07, 6.45) is 10.2. The molecule has 7 N–H and O–H groups in total. The highest BCUT2D eigenvalue weighted by molar-refractivity contribution is 5.91. The number of ether oxygens (including phenoxy) is 4. The second kappa shape index (κ2) is 28.1. The largest absolute Gasteiger partial charge is 0.460 e. The first kappa shape index (κ1) is 60.6. The Balaban J connectivity index is 0.000000553. The van der Waals surface area contributed by atoms with Crippen molar-refractivity contribution in [2.45, 2.75) is 196 Å². The number of H-pyrrole nitrogens is 2. The third-order valence-corrected chi connectivity index (χ3v) is 8.25. The molecule has 0 saturated heterocycles. The Hall–Kier alpha value is -6.45. The zero-order valence-corrected chi connectivity index (χ0v) is 42.9. The monoisotopic (exact) mass is 973 g/mol. The van der Waals surface area contributed by atoms with Gasteiger partial charge in [-0.2, -0.15) is 0 Å². The van der Waals surface area contributed by atoms with Gasteiger partial charge in [-0.05, 0) is 123 Å². The summed E-state index contributed by atoms with van der Waals surface area (Å²) in [4.78, 5) is 111. The number of esters is 4. The van der Waals surface area contributed by atoms with Gasteiger partial charge in [-0.1, -0.05) is 25.7 Å². The standard InChI is InChI=1S/C22H36N4O6.C16H31NO4.C9H9N5O2/c1-14-13-16(27)25-19(23-14)26-20(30)24-15(18(29)32-22(5,6)7)11-9-8-10-12-17(28)31-21(2,3)4;1-15(2,3)20-13(18)11-9-7-8-10-12(17)14(19)21-16(4,5)6;1-6-4-7(15)12-8(11-6)13-9(16)14-3-2-10-5-14/h13,15H,8-12H2,1-7H3,(H3,23,24,25,26,27,30);12H,7-11,17H2,1-6H3;2-5H,1H3,(H2,11,12,13,15,16)/t15-;12-;/m00./s1. The van der Waals surface area contributed by atoms with Gasteiger partial charge >= 0.3 is 35.9 Å². The smallest absolute Gasteiger partial charge is 0.333 e. The third-order valence-electron chi connectivity index (χ3n) is 8.25. The van der Waals surface area contributed by atoms with Crippen LogP contribution in [0.5, 0.6) is 0 Å². The summed E-state index contributed by atoms with van der Waals surface area (Å²) < 4.78 is 22.4. The van der Waals surface area contributed by atoms with Crippen molar-refractivity contribution >= 4 is 47.8 Å². The van der Waals surface area contributed by atoms with Crippen molar-refractivity contribution in [1.29, 1.82) is 0 Å². The van der Waals surface area contributed by atoms with Crippen LogP contribution < -0.4 is 32.8 Å². The van der Waals surface area contributed by atoms with E-state index in [0.29, 0.717) is 49.9 Å². The van der Waals surface area contributed by atoms with Gasteiger partial charge in [0, 0.05) is 48.8 Å². The number of unbranched alkanes of at least 4 members (excludes halogenated alkanes) is 4. The molecule has 0 spiro atoms. The van der Waals surface area contributed by atoms with Gasteiger partial charge in [0.15, 0.2) is 0 Å². The van der Waals surface area contributed by atoms with Gasteiger partial charge in [-0.3, -0.25) is 49.1 Å². The number of anilines is 2. The number of carbonyl (C=O) groups excluding carboxylic acids is 6. The van der Waals surface area contributed by atoms with Crippen LogP contribution >= 0.6 is 0 Å². The molecule has 0 radical (unpaired) electrons. The number of urea groups is 1. The highest BCUT2D eigenvalue weighted by Gasteiger charge is 2.27. The van der Waals surface area contributed by atoms with Crippen LogP contribution in [0, 0.1) is 13.8 Å². The normalized spacial score (nSPS) is 12.3. The molecule has 0 aliphatic carbocycles. The summed E-state index contributed by atoms with van der Waals surface area (Å²) in [6, 6.07) is 0.0177. The number of rotatable bonds is 17. The zero-order chi connectivity index (χ0) is 52.8. The number of carbonyl (C=O) groups is 6. The van der Waals surface area contributed by atoms with E-state index >= 15 is 0 Å². The topological polar surface area (TPSA) is 311 Å². The number of imidazole rings is 1. The maximum absolute atomic E-state index is 12.6. The highest BCUT2D eigenvalue weighted by atomic mass is 16.6. The number of aromatic nitrogens is 6. The first-order chi connectivity index (χ1) is 31.7. The molecular formula is C47H76N10O12. The lowest BCUT2D eigenvalue weighted by molar-refractivity contribution is -0.158. The summed E-state index contributed by atoms with van der Waals surface area (Å²) >= 11 is 0. The number of aryl methyl sites for hydroxylation is 2. The van der Waals surface area contributed by atoms with E-state index in [1.165, 1.54) is 35.4 Å². The van der Waals surface area contributed by atoms with Crippen molar-refractivity contribution in [2.75, 3.05) is 10.6 Å². The zero-order valence-electron chi connectivity index (χ0n) is 42.9. The average Bonchev–Trinajstić information content (AvgIpc) is 3.70. The quantitative estimate of drug-likeness (QED) is 0.0477. The van der Waals surface area contributed by atoms with E-state index in [1.54, 1.807) is 34.6 Å². The minimum atomic E-state index is -0.896. The number of nitrogens with two attached hydrogens (primary N) is 1. The van der Waals surface area contributed by atoms with Gasteiger partial charge < -0.3 is 30.0 Å². The van der Waals surface area contributed by atoms with E-state index < -0.39 is 58.1 Å². The minimum absolute atomic E-state index is 0.0206. The number of nitrogens with zero attached hydrogens (tertiary/aromatic N) is 4.